The highest BCUT2D eigenvalue weighted by atomic mass is 79.9. The maximum absolute atomic E-state index is 11.8. The van der Waals surface area contributed by atoms with Gasteiger partial charge in [0.2, 0.25) is 11.8 Å². The van der Waals surface area contributed by atoms with E-state index in [0.29, 0.717) is 11.3 Å². The van der Waals surface area contributed by atoms with Gasteiger partial charge in [-0.15, -0.1) is 0 Å². The summed E-state index contributed by atoms with van der Waals surface area (Å²) in [5.41, 5.74) is 1.17. The fraction of sp³-hybridized carbons (Fsp3) is 0.167. The van der Waals surface area contributed by atoms with Crippen molar-refractivity contribution < 1.29 is 14.4 Å². The molecule has 0 spiro atoms. The number of carbonyl (C=O) groups excluding carboxylic acids is 3. The molecule has 2 aromatic rings. The second-order valence-corrected chi connectivity index (χ2v) is 6.03. The zero-order valence-corrected chi connectivity index (χ0v) is 15.0. The predicted molar refractivity (Wildman–Crippen MR) is 99.2 cm³/mol. The Labute approximate surface area is 154 Å². The van der Waals surface area contributed by atoms with Gasteiger partial charge in [0.05, 0.1) is 12.2 Å². The van der Waals surface area contributed by atoms with Gasteiger partial charge in [0, 0.05) is 23.0 Å². The zero-order valence-electron chi connectivity index (χ0n) is 13.4. The maximum atomic E-state index is 11.8. The number of hydrogen-bond acceptors (Lipinski definition) is 3. The minimum atomic E-state index is -0.325. The molecule has 3 N–H and O–H groups in total. The molecule has 0 aliphatic carbocycles. The topological polar surface area (TPSA) is 87.3 Å². The van der Waals surface area contributed by atoms with Crippen molar-refractivity contribution in [1.29, 1.82) is 0 Å². The molecule has 2 aromatic carbocycles. The monoisotopic (exact) mass is 403 g/mol. The molecule has 6 nitrogen and oxygen atoms in total. The van der Waals surface area contributed by atoms with Gasteiger partial charge in [-0.05, 0) is 40.2 Å². The number of benzene rings is 2. The van der Waals surface area contributed by atoms with Crippen molar-refractivity contribution in [1.82, 2.24) is 10.6 Å². The van der Waals surface area contributed by atoms with Crippen LogP contribution in [0.3, 0.4) is 0 Å². The summed E-state index contributed by atoms with van der Waals surface area (Å²) in [6.07, 6.45) is 0.0981. The summed E-state index contributed by atoms with van der Waals surface area (Å²) in [5, 5.41) is 7.87. The Balaban J connectivity index is 1.66. The van der Waals surface area contributed by atoms with Gasteiger partial charge in [-0.2, -0.15) is 0 Å². The molecular weight excluding hydrogens is 386 g/mol. The summed E-state index contributed by atoms with van der Waals surface area (Å²) in [6, 6.07) is 16.0. The van der Waals surface area contributed by atoms with Gasteiger partial charge in [-0.25, -0.2) is 0 Å². The molecule has 0 aromatic heterocycles. The minimum absolute atomic E-state index is 0.0981. The molecule has 130 valence electrons. The van der Waals surface area contributed by atoms with Gasteiger partial charge in [-0.1, -0.05) is 30.3 Å². The molecule has 2 rings (SSSR count). The van der Waals surface area contributed by atoms with Crippen LogP contribution in [0, 0.1) is 0 Å². The lowest BCUT2D eigenvalue weighted by Crippen LogP contribution is -2.35. The Morgan fingerprint density at radius 1 is 0.840 bits per heavy atom. The van der Waals surface area contributed by atoms with Crippen LogP contribution in [0.15, 0.2) is 59.1 Å². The van der Waals surface area contributed by atoms with E-state index in [1.54, 1.807) is 36.4 Å². The average molecular weight is 404 g/mol. The quantitative estimate of drug-likeness (QED) is 0.662. The van der Waals surface area contributed by atoms with Crippen molar-refractivity contribution in [2.45, 2.75) is 6.42 Å². The van der Waals surface area contributed by atoms with Crippen molar-refractivity contribution in [3.8, 4) is 0 Å². The third-order valence-electron chi connectivity index (χ3n) is 3.27. The number of halogens is 1. The summed E-state index contributed by atoms with van der Waals surface area (Å²) in [6.45, 7) is 0.0677. The Morgan fingerprint density at radius 3 is 2.24 bits per heavy atom. The number of amides is 3. The van der Waals surface area contributed by atoms with Gasteiger partial charge in [0.25, 0.3) is 5.91 Å². The number of para-hydroxylation sites is 1. The fourth-order valence-corrected chi connectivity index (χ4v) is 2.39. The van der Waals surface area contributed by atoms with Crippen molar-refractivity contribution in [2.75, 3.05) is 18.4 Å². The summed E-state index contributed by atoms with van der Waals surface area (Å²) < 4.78 is 0.762. The van der Waals surface area contributed by atoms with Crippen LogP contribution in [0.1, 0.15) is 16.8 Å². The van der Waals surface area contributed by atoms with Crippen LogP contribution in [0.2, 0.25) is 0 Å². The van der Waals surface area contributed by atoms with Crippen LogP contribution in [0.5, 0.6) is 0 Å². The van der Waals surface area contributed by atoms with Gasteiger partial charge in [-0.3, -0.25) is 14.4 Å². The van der Waals surface area contributed by atoms with Crippen LogP contribution in [-0.4, -0.2) is 30.8 Å². The summed E-state index contributed by atoms with van der Waals surface area (Å²) in [5.74, 6) is -0.871. The lowest BCUT2D eigenvalue weighted by atomic mass is 10.2. The third kappa shape index (κ3) is 6.39. The van der Waals surface area contributed by atoms with Gasteiger partial charge in [0.1, 0.15) is 0 Å². The molecule has 0 unspecified atom stereocenters. The summed E-state index contributed by atoms with van der Waals surface area (Å²) in [7, 11) is 0. The maximum Gasteiger partial charge on any atom is 0.251 e. The van der Waals surface area contributed by atoms with Gasteiger partial charge >= 0.3 is 0 Å². The molecule has 0 aliphatic heterocycles. The number of carbonyl (C=O) groups is 3. The summed E-state index contributed by atoms with van der Waals surface area (Å²) >= 11 is 3.33. The molecule has 7 heteroatoms. The SMILES string of the molecule is O=C(CCNC(=O)c1ccccc1)NCC(=O)Nc1ccccc1Br. The normalized spacial score (nSPS) is 9.96. The molecule has 0 fully saturated rings. The van der Waals surface area contributed by atoms with Crippen LogP contribution in [-0.2, 0) is 9.59 Å². The Hall–Kier alpha value is -2.67. The highest BCUT2D eigenvalue weighted by Crippen LogP contribution is 2.20. The minimum Gasteiger partial charge on any atom is -0.352 e. The highest BCUT2D eigenvalue weighted by Gasteiger charge is 2.09. The third-order valence-corrected chi connectivity index (χ3v) is 3.96. The standard InChI is InChI=1S/C18H18BrN3O3/c19-14-8-4-5-9-15(14)22-17(24)12-21-16(23)10-11-20-18(25)13-6-2-1-3-7-13/h1-9H,10-12H2,(H,20,25)(H,21,23)(H,22,24). The van der Waals surface area contributed by atoms with Crippen LogP contribution in [0.25, 0.3) is 0 Å². The number of hydrogen-bond donors (Lipinski definition) is 3. The molecule has 3 amide bonds. The van der Waals surface area contributed by atoms with E-state index in [4.69, 9.17) is 0 Å². The average Bonchev–Trinajstić information content (AvgIpc) is 2.62. The molecule has 0 radical (unpaired) electrons. The number of rotatable bonds is 7. The first-order valence-corrected chi connectivity index (χ1v) is 8.50. The molecule has 0 saturated heterocycles. The van der Waals surface area contributed by atoms with E-state index in [-0.39, 0.29) is 37.2 Å². The zero-order chi connectivity index (χ0) is 18.1. The number of nitrogens with one attached hydrogen (secondary N) is 3. The van der Waals surface area contributed by atoms with Crippen molar-refractivity contribution >= 4 is 39.3 Å². The van der Waals surface area contributed by atoms with Gasteiger partial charge < -0.3 is 16.0 Å². The molecule has 0 heterocycles. The Bertz CT molecular complexity index is 750. The van der Waals surface area contributed by atoms with E-state index in [9.17, 15) is 14.4 Å². The lowest BCUT2D eigenvalue weighted by Gasteiger charge is -2.09. The smallest absolute Gasteiger partial charge is 0.251 e. The van der Waals surface area contributed by atoms with Crippen molar-refractivity contribution in [3.63, 3.8) is 0 Å². The highest BCUT2D eigenvalue weighted by molar-refractivity contribution is 9.10. The van der Waals surface area contributed by atoms with Crippen LogP contribution >= 0.6 is 15.9 Å². The molecule has 0 saturated carbocycles. The second-order valence-electron chi connectivity index (χ2n) is 5.18. The molecule has 0 bridgehead atoms. The predicted octanol–water partition coefficient (Wildman–Crippen LogP) is 2.32. The first kappa shape index (κ1) is 18.7. The number of anilines is 1. The van der Waals surface area contributed by atoms with E-state index in [1.807, 2.05) is 18.2 Å². The van der Waals surface area contributed by atoms with Crippen molar-refractivity contribution in [2.24, 2.45) is 0 Å². The largest absolute Gasteiger partial charge is 0.352 e. The molecule has 0 aliphatic rings. The molecule has 0 atom stereocenters. The molecule has 25 heavy (non-hydrogen) atoms. The van der Waals surface area contributed by atoms with E-state index in [1.165, 1.54) is 0 Å². The first-order valence-electron chi connectivity index (χ1n) is 7.70. The van der Waals surface area contributed by atoms with E-state index >= 15 is 0 Å². The van der Waals surface area contributed by atoms with E-state index < -0.39 is 0 Å². The van der Waals surface area contributed by atoms with Gasteiger partial charge in [0.15, 0.2) is 0 Å². The van der Waals surface area contributed by atoms with E-state index in [2.05, 4.69) is 31.9 Å². The fourth-order valence-electron chi connectivity index (χ4n) is 2.01. The Kier molecular flexibility index (Phi) is 7.16. The van der Waals surface area contributed by atoms with Crippen LogP contribution < -0.4 is 16.0 Å². The first-order chi connectivity index (χ1) is 12.1. The van der Waals surface area contributed by atoms with Crippen molar-refractivity contribution in [3.05, 3.63) is 64.6 Å². The summed E-state index contributed by atoms with van der Waals surface area (Å²) in [4.78, 5) is 35.4. The van der Waals surface area contributed by atoms with Crippen LogP contribution in [0.4, 0.5) is 5.69 Å². The Morgan fingerprint density at radius 2 is 1.52 bits per heavy atom. The lowest BCUT2D eigenvalue weighted by molar-refractivity contribution is -0.124. The molecular formula is C18H18BrN3O3. The second kappa shape index (κ2) is 9.58. The van der Waals surface area contributed by atoms with E-state index in [0.717, 1.165) is 4.47 Å².